The van der Waals surface area contributed by atoms with E-state index in [1.807, 2.05) is 32.0 Å². The Balaban J connectivity index is 1.47. The van der Waals surface area contributed by atoms with Crippen molar-refractivity contribution >= 4 is 5.91 Å². The summed E-state index contributed by atoms with van der Waals surface area (Å²) in [6, 6.07) is 9.86. The minimum absolute atomic E-state index is 0.189. The number of amides is 1. The molecule has 0 radical (unpaired) electrons. The Morgan fingerprint density at radius 3 is 2.67 bits per heavy atom. The van der Waals surface area contributed by atoms with Gasteiger partial charge in [-0.2, -0.15) is 0 Å². The number of pyridine rings is 1. The maximum atomic E-state index is 12.7. The number of carbonyl (C=O) groups is 1. The summed E-state index contributed by atoms with van der Waals surface area (Å²) in [6.45, 7) is 3.83. The second-order valence-corrected chi connectivity index (χ2v) is 8.05. The molecule has 30 heavy (non-hydrogen) atoms. The van der Waals surface area contributed by atoms with E-state index in [1.54, 1.807) is 12.5 Å². The van der Waals surface area contributed by atoms with Crippen molar-refractivity contribution in [3.63, 3.8) is 0 Å². The number of rotatable bonds is 5. The molecule has 1 aliphatic rings. The van der Waals surface area contributed by atoms with E-state index < -0.39 is 6.10 Å². The van der Waals surface area contributed by atoms with E-state index in [2.05, 4.69) is 27.4 Å². The number of hydrogen-bond acceptors (Lipinski definition) is 5. The minimum Gasteiger partial charge on any atom is -0.449 e. The van der Waals surface area contributed by atoms with E-state index in [0.29, 0.717) is 18.0 Å². The number of carbonyl (C=O) groups excluding carboxylic acids is 1. The lowest BCUT2D eigenvalue weighted by Crippen LogP contribution is -2.45. The predicted molar refractivity (Wildman–Crippen MR) is 114 cm³/mol. The van der Waals surface area contributed by atoms with Gasteiger partial charge in [0.05, 0.1) is 12.1 Å². The molecule has 0 spiro atoms. The number of aliphatic hydroxyl groups excluding tert-OH is 1. The average Bonchev–Trinajstić information content (AvgIpc) is 3.18. The summed E-state index contributed by atoms with van der Waals surface area (Å²) in [6.07, 6.45) is 7.22. The molecule has 2 heterocycles. The SMILES string of the molecule is Cc1nc(-c2ccc(Cc3cc(C(=O)N[C@H]4CCCC[C@@H]4O)ncc3C)cc2)co1. The highest BCUT2D eigenvalue weighted by Crippen LogP contribution is 2.22. The molecule has 2 aromatic heterocycles. The van der Waals surface area contributed by atoms with Crippen LogP contribution in [0.25, 0.3) is 11.3 Å². The van der Waals surface area contributed by atoms with Gasteiger partial charge in [-0.3, -0.25) is 9.78 Å². The smallest absolute Gasteiger partial charge is 0.270 e. The zero-order valence-electron chi connectivity index (χ0n) is 17.4. The van der Waals surface area contributed by atoms with Crippen LogP contribution in [0.1, 0.15) is 58.8 Å². The number of nitrogens with one attached hydrogen (secondary N) is 1. The van der Waals surface area contributed by atoms with Crippen molar-refractivity contribution in [1.82, 2.24) is 15.3 Å². The first-order valence-corrected chi connectivity index (χ1v) is 10.5. The fourth-order valence-corrected chi connectivity index (χ4v) is 3.91. The van der Waals surface area contributed by atoms with Gasteiger partial charge in [0.25, 0.3) is 5.91 Å². The molecule has 1 fully saturated rings. The van der Waals surface area contributed by atoms with Crippen molar-refractivity contribution in [3.8, 4) is 11.3 Å². The number of aryl methyl sites for hydroxylation is 2. The molecule has 1 aliphatic carbocycles. The van der Waals surface area contributed by atoms with Gasteiger partial charge in [-0.15, -0.1) is 0 Å². The molecule has 3 aromatic rings. The van der Waals surface area contributed by atoms with Gasteiger partial charge in [0, 0.05) is 18.7 Å². The monoisotopic (exact) mass is 405 g/mol. The highest BCUT2D eigenvalue weighted by Gasteiger charge is 2.25. The Kier molecular flexibility index (Phi) is 5.95. The van der Waals surface area contributed by atoms with Crippen molar-refractivity contribution in [2.24, 2.45) is 0 Å². The van der Waals surface area contributed by atoms with Crippen LogP contribution in [0.5, 0.6) is 0 Å². The molecule has 1 amide bonds. The number of aromatic nitrogens is 2. The summed E-state index contributed by atoms with van der Waals surface area (Å²) in [7, 11) is 0. The van der Waals surface area contributed by atoms with Crippen LogP contribution < -0.4 is 5.32 Å². The van der Waals surface area contributed by atoms with E-state index in [1.165, 1.54) is 0 Å². The van der Waals surface area contributed by atoms with Gasteiger partial charge in [-0.1, -0.05) is 37.1 Å². The Labute approximate surface area is 176 Å². The first kappa shape index (κ1) is 20.3. The molecule has 0 unspecified atom stereocenters. The third kappa shape index (κ3) is 4.60. The molecule has 0 aliphatic heterocycles. The second-order valence-electron chi connectivity index (χ2n) is 8.05. The van der Waals surface area contributed by atoms with Crippen LogP contribution in [0, 0.1) is 13.8 Å². The van der Waals surface area contributed by atoms with Gasteiger partial charge >= 0.3 is 0 Å². The predicted octanol–water partition coefficient (Wildman–Crippen LogP) is 3.98. The van der Waals surface area contributed by atoms with Crippen LogP contribution in [0.4, 0.5) is 0 Å². The lowest BCUT2D eigenvalue weighted by molar-refractivity contribution is 0.0713. The number of oxazole rings is 1. The van der Waals surface area contributed by atoms with Crippen LogP contribution >= 0.6 is 0 Å². The summed E-state index contributed by atoms with van der Waals surface area (Å²) in [4.78, 5) is 21.3. The molecule has 1 aromatic carbocycles. The van der Waals surface area contributed by atoms with Crippen molar-refractivity contribution in [1.29, 1.82) is 0 Å². The van der Waals surface area contributed by atoms with Gasteiger partial charge in [-0.05, 0) is 48.9 Å². The topological polar surface area (TPSA) is 88.2 Å². The number of hydrogen-bond donors (Lipinski definition) is 2. The van der Waals surface area contributed by atoms with Gasteiger partial charge < -0.3 is 14.8 Å². The normalized spacial score (nSPS) is 18.9. The Morgan fingerprint density at radius 1 is 1.20 bits per heavy atom. The largest absolute Gasteiger partial charge is 0.449 e. The van der Waals surface area contributed by atoms with Crippen LogP contribution in [0.15, 0.2) is 47.2 Å². The summed E-state index contributed by atoms with van der Waals surface area (Å²) < 4.78 is 5.29. The highest BCUT2D eigenvalue weighted by atomic mass is 16.3. The third-order valence-corrected chi connectivity index (χ3v) is 5.76. The van der Waals surface area contributed by atoms with Gasteiger partial charge in [0.2, 0.25) is 0 Å². The average molecular weight is 405 g/mol. The summed E-state index contributed by atoms with van der Waals surface area (Å²) in [5, 5.41) is 13.1. The van der Waals surface area contributed by atoms with E-state index in [0.717, 1.165) is 53.6 Å². The summed E-state index contributed by atoms with van der Waals surface area (Å²) >= 11 is 0. The number of aliphatic hydroxyl groups is 1. The van der Waals surface area contributed by atoms with E-state index >= 15 is 0 Å². The molecule has 6 nitrogen and oxygen atoms in total. The quantitative estimate of drug-likeness (QED) is 0.670. The Morgan fingerprint density at radius 2 is 1.97 bits per heavy atom. The van der Waals surface area contributed by atoms with Crippen molar-refractivity contribution in [2.45, 2.75) is 58.1 Å². The van der Waals surface area contributed by atoms with Crippen LogP contribution in [0.2, 0.25) is 0 Å². The minimum atomic E-state index is -0.473. The molecule has 4 rings (SSSR count). The van der Waals surface area contributed by atoms with Gasteiger partial charge in [0.15, 0.2) is 5.89 Å². The van der Waals surface area contributed by atoms with E-state index in [-0.39, 0.29) is 11.9 Å². The Bertz CT molecular complexity index is 1030. The zero-order valence-corrected chi connectivity index (χ0v) is 17.4. The molecule has 2 atom stereocenters. The van der Waals surface area contributed by atoms with E-state index in [4.69, 9.17) is 4.42 Å². The molecule has 6 heteroatoms. The maximum absolute atomic E-state index is 12.7. The zero-order chi connectivity index (χ0) is 21.1. The van der Waals surface area contributed by atoms with Crippen LogP contribution in [0.3, 0.4) is 0 Å². The molecular formula is C24H27N3O3. The standard InChI is InChI=1S/C24H27N3O3/c1-15-13-25-21(24(29)27-20-5-3-4-6-23(20)28)12-19(15)11-17-7-9-18(10-8-17)22-14-30-16(2)26-22/h7-10,12-14,20,23,28H,3-6,11H2,1-2H3,(H,27,29)/t20-,23-/m0/s1. The van der Waals surface area contributed by atoms with Crippen molar-refractivity contribution in [3.05, 3.63) is 71.1 Å². The molecule has 0 saturated heterocycles. The van der Waals surface area contributed by atoms with Gasteiger partial charge in [-0.25, -0.2) is 4.98 Å². The lowest BCUT2D eigenvalue weighted by Gasteiger charge is -2.28. The van der Waals surface area contributed by atoms with Gasteiger partial charge in [0.1, 0.15) is 17.7 Å². The molecular weight excluding hydrogens is 378 g/mol. The maximum Gasteiger partial charge on any atom is 0.270 e. The van der Waals surface area contributed by atoms with E-state index in [9.17, 15) is 9.90 Å². The first-order chi connectivity index (χ1) is 14.5. The first-order valence-electron chi connectivity index (χ1n) is 10.5. The summed E-state index contributed by atoms with van der Waals surface area (Å²) in [5.41, 5.74) is 5.46. The fraction of sp³-hybridized carbons (Fsp3) is 0.375. The van der Waals surface area contributed by atoms with Crippen LogP contribution in [-0.4, -0.2) is 33.1 Å². The fourth-order valence-electron chi connectivity index (χ4n) is 3.91. The molecule has 2 N–H and O–H groups in total. The second kappa shape index (κ2) is 8.79. The van der Waals surface area contributed by atoms with Crippen LogP contribution in [-0.2, 0) is 6.42 Å². The number of benzene rings is 1. The van der Waals surface area contributed by atoms with Crippen molar-refractivity contribution < 1.29 is 14.3 Å². The molecule has 156 valence electrons. The molecule has 1 saturated carbocycles. The number of nitrogens with zero attached hydrogens (tertiary/aromatic N) is 2. The van der Waals surface area contributed by atoms with Crippen molar-refractivity contribution in [2.75, 3.05) is 0 Å². The summed E-state index contributed by atoms with van der Waals surface area (Å²) in [5.74, 6) is 0.423. The molecule has 0 bridgehead atoms. The Hall–Kier alpha value is -2.99. The highest BCUT2D eigenvalue weighted by molar-refractivity contribution is 5.92. The lowest BCUT2D eigenvalue weighted by atomic mass is 9.92. The third-order valence-electron chi connectivity index (χ3n) is 5.76.